The van der Waals surface area contributed by atoms with Crippen LogP contribution in [0.15, 0.2) is 12.7 Å². The highest BCUT2D eigenvalue weighted by Gasteiger charge is 2.21. The molecule has 2 atom stereocenters. The van der Waals surface area contributed by atoms with Crippen molar-refractivity contribution < 1.29 is 9.84 Å². The van der Waals surface area contributed by atoms with E-state index >= 15 is 0 Å². The predicted octanol–water partition coefficient (Wildman–Crippen LogP) is 1.88. The molecule has 0 aliphatic carbocycles. The van der Waals surface area contributed by atoms with Crippen molar-refractivity contribution in [3.05, 3.63) is 12.7 Å². The van der Waals surface area contributed by atoms with Crippen LogP contribution in [0, 0.1) is 0 Å². The number of rotatable bonds is 4. The highest BCUT2D eigenvalue weighted by atomic mass is 16.5. The summed E-state index contributed by atoms with van der Waals surface area (Å²) in [5.41, 5.74) is 0. The quantitative estimate of drug-likeness (QED) is 0.653. The molecule has 0 spiro atoms. The minimum atomic E-state index is -0.289. The molecular weight excluding hydrogens is 152 g/mol. The van der Waals surface area contributed by atoms with E-state index < -0.39 is 0 Å². The molecule has 1 fully saturated rings. The molecule has 0 aromatic rings. The molecule has 2 unspecified atom stereocenters. The molecule has 0 radical (unpaired) electrons. The summed E-state index contributed by atoms with van der Waals surface area (Å²) in [5, 5.41) is 9.63. The number of aliphatic hydroxyl groups is 1. The van der Waals surface area contributed by atoms with Crippen LogP contribution in [0.4, 0.5) is 0 Å². The summed E-state index contributed by atoms with van der Waals surface area (Å²) in [6.45, 7) is 4.44. The van der Waals surface area contributed by atoms with Gasteiger partial charge < -0.3 is 9.84 Å². The summed E-state index contributed by atoms with van der Waals surface area (Å²) in [4.78, 5) is 0. The first-order valence-corrected chi connectivity index (χ1v) is 4.75. The largest absolute Gasteiger partial charge is 0.390 e. The monoisotopic (exact) mass is 170 g/mol. The molecule has 0 saturated carbocycles. The molecule has 0 aromatic heterocycles. The number of hydrogen-bond donors (Lipinski definition) is 1. The zero-order valence-electron chi connectivity index (χ0n) is 7.54. The Bertz CT molecular complexity index is 128. The maximum Gasteiger partial charge on any atom is 0.0834 e. The van der Waals surface area contributed by atoms with Crippen molar-refractivity contribution in [2.24, 2.45) is 0 Å². The molecule has 1 saturated heterocycles. The minimum absolute atomic E-state index is 0.0821. The van der Waals surface area contributed by atoms with Crippen LogP contribution in [0.2, 0.25) is 0 Å². The zero-order chi connectivity index (χ0) is 8.81. The van der Waals surface area contributed by atoms with E-state index in [4.69, 9.17) is 4.74 Å². The molecule has 0 bridgehead atoms. The molecule has 0 amide bonds. The van der Waals surface area contributed by atoms with Crippen LogP contribution in [-0.2, 0) is 4.74 Å². The summed E-state index contributed by atoms with van der Waals surface area (Å²) in [5.74, 6) is 0. The van der Waals surface area contributed by atoms with Crippen molar-refractivity contribution in [1.29, 1.82) is 0 Å². The normalized spacial score (nSPS) is 26.6. The lowest BCUT2D eigenvalue weighted by atomic mass is 10.0. The molecular formula is C10H18O2. The van der Waals surface area contributed by atoms with Crippen molar-refractivity contribution in [3.63, 3.8) is 0 Å². The van der Waals surface area contributed by atoms with E-state index in [2.05, 4.69) is 6.58 Å². The van der Waals surface area contributed by atoms with Gasteiger partial charge in [0.2, 0.25) is 0 Å². The van der Waals surface area contributed by atoms with Gasteiger partial charge in [-0.1, -0.05) is 6.08 Å². The van der Waals surface area contributed by atoms with Gasteiger partial charge in [0.15, 0.2) is 0 Å². The van der Waals surface area contributed by atoms with Crippen LogP contribution in [0.1, 0.15) is 32.1 Å². The lowest BCUT2D eigenvalue weighted by Gasteiger charge is -2.26. The highest BCUT2D eigenvalue weighted by Crippen LogP contribution is 2.18. The van der Waals surface area contributed by atoms with Crippen LogP contribution in [-0.4, -0.2) is 23.9 Å². The van der Waals surface area contributed by atoms with Gasteiger partial charge in [0.25, 0.3) is 0 Å². The van der Waals surface area contributed by atoms with Crippen LogP contribution >= 0.6 is 0 Å². The third kappa shape index (κ3) is 2.95. The van der Waals surface area contributed by atoms with Gasteiger partial charge in [-0.2, -0.15) is 0 Å². The van der Waals surface area contributed by atoms with E-state index in [1.807, 2.05) is 6.08 Å². The lowest BCUT2D eigenvalue weighted by Crippen LogP contribution is -2.31. The number of aliphatic hydroxyl groups excluding tert-OH is 1. The van der Waals surface area contributed by atoms with E-state index in [0.717, 1.165) is 32.3 Å². The molecule has 0 aromatic carbocycles. The lowest BCUT2D eigenvalue weighted by molar-refractivity contribution is -0.0638. The molecule has 1 aliphatic rings. The number of ether oxygens (including phenoxy) is 1. The average molecular weight is 170 g/mol. The predicted molar refractivity (Wildman–Crippen MR) is 49.0 cm³/mol. The second kappa shape index (κ2) is 5.33. The molecule has 1 N–H and O–H groups in total. The first-order valence-electron chi connectivity index (χ1n) is 4.75. The van der Waals surface area contributed by atoms with Crippen LogP contribution in [0.25, 0.3) is 0 Å². The highest BCUT2D eigenvalue weighted by molar-refractivity contribution is 4.76. The molecule has 2 nitrogen and oxygen atoms in total. The van der Waals surface area contributed by atoms with Crippen molar-refractivity contribution in [3.8, 4) is 0 Å². The van der Waals surface area contributed by atoms with Gasteiger partial charge in [0.1, 0.15) is 0 Å². The Balaban J connectivity index is 2.19. The van der Waals surface area contributed by atoms with Gasteiger partial charge >= 0.3 is 0 Å². The van der Waals surface area contributed by atoms with Crippen molar-refractivity contribution in [2.45, 2.75) is 44.3 Å². The van der Waals surface area contributed by atoms with Gasteiger partial charge in [-0.05, 0) is 32.1 Å². The third-order valence-corrected chi connectivity index (χ3v) is 2.31. The molecule has 1 rings (SSSR count). The Kier molecular flexibility index (Phi) is 4.33. The fraction of sp³-hybridized carbons (Fsp3) is 0.800. The Morgan fingerprint density at radius 3 is 3.00 bits per heavy atom. The van der Waals surface area contributed by atoms with E-state index in [1.54, 1.807) is 0 Å². The first kappa shape index (κ1) is 9.75. The smallest absolute Gasteiger partial charge is 0.0834 e. The maximum absolute atomic E-state index is 9.63. The summed E-state index contributed by atoms with van der Waals surface area (Å²) in [6.07, 6.45) is 6.64. The molecule has 70 valence electrons. The number of allylic oxidation sites excluding steroid dienone is 1. The van der Waals surface area contributed by atoms with Gasteiger partial charge in [-0.3, -0.25) is 0 Å². The summed E-state index contributed by atoms with van der Waals surface area (Å²) in [7, 11) is 0. The molecule has 12 heavy (non-hydrogen) atoms. The van der Waals surface area contributed by atoms with Gasteiger partial charge in [0.05, 0.1) is 12.2 Å². The average Bonchev–Trinajstić information content (AvgIpc) is 2.15. The van der Waals surface area contributed by atoms with Crippen LogP contribution in [0.3, 0.4) is 0 Å². The van der Waals surface area contributed by atoms with E-state index in [-0.39, 0.29) is 12.2 Å². The third-order valence-electron chi connectivity index (χ3n) is 2.31. The second-order valence-corrected chi connectivity index (χ2v) is 3.34. The summed E-state index contributed by atoms with van der Waals surface area (Å²) in [6, 6.07) is 0. The summed E-state index contributed by atoms with van der Waals surface area (Å²) < 4.78 is 5.45. The topological polar surface area (TPSA) is 29.5 Å². The van der Waals surface area contributed by atoms with Gasteiger partial charge in [-0.15, -0.1) is 6.58 Å². The second-order valence-electron chi connectivity index (χ2n) is 3.34. The molecule has 1 aliphatic heterocycles. The van der Waals surface area contributed by atoms with Crippen LogP contribution < -0.4 is 0 Å². The Hall–Kier alpha value is -0.340. The van der Waals surface area contributed by atoms with Gasteiger partial charge in [-0.25, -0.2) is 0 Å². The zero-order valence-corrected chi connectivity index (χ0v) is 7.54. The van der Waals surface area contributed by atoms with Crippen LogP contribution in [0.5, 0.6) is 0 Å². The Labute approximate surface area is 74.2 Å². The number of hydrogen-bond acceptors (Lipinski definition) is 2. The van der Waals surface area contributed by atoms with Crippen molar-refractivity contribution in [1.82, 2.24) is 0 Å². The van der Waals surface area contributed by atoms with E-state index in [9.17, 15) is 5.11 Å². The van der Waals surface area contributed by atoms with Crippen molar-refractivity contribution >= 4 is 0 Å². The van der Waals surface area contributed by atoms with E-state index in [1.165, 1.54) is 6.42 Å². The standard InChI is InChI=1S/C10H18O2/c1-2-3-6-9(11)10-7-4-5-8-12-10/h2,9-11H,1,3-8H2. The molecule has 2 heteroatoms. The first-order chi connectivity index (χ1) is 5.84. The maximum atomic E-state index is 9.63. The van der Waals surface area contributed by atoms with Crippen molar-refractivity contribution in [2.75, 3.05) is 6.61 Å². The SMILES string of the molecule is C=CCCC(O)C1CCCCO1. The van der Waals surface area contributed by atoms with E-state index in [0.29, 0.717) is 0 Å². The summed E-state index contributed by atoms with van der Waals surface area (Å²) >= 11 is 0. The fourth-order valence-electron chi connectivity index (χ4n) is 1.54. The fourth-order valence-corrected chi connectivity index (χ4v) is 1.54. The minimum Gasteiger partial charge on any atom is -0.390 e. The van der Waals surface area contributed by atoms with Gasteiger partial charge in [0, 0.05) is 6.61 Å². The Morgan fingerprint density at radius 1 is 1.58 bits per heavy atom. The Morgan fingerprint density at radius 2 is 2.42 bits per heavy atom. The molecule has 1 heterocycles.